The second-order valence-electron chi connectivity index (χ2n) is 6.09. The largest absolute Gasteiger partial charge is 0.466 e. The first-order valence-corrected chi connectivity index (χ1v) is 8.85. The van der Waals surface area contributed by atoms with Crippen LogP contribution in [0.2, 0.25) is 0 Å². The number of fused-ring (bicyclic) bond motifs is 1. The summed E-state index contributed by atoms with van der Waals surface area (Å²) >= 11 is 3.31. The molecule has 10 heteroatoms. The molecule has 0 fully saturated rings. The van der Waals surface area contributed by atoms with Crippen LogP contribution in [0.5, 0.6) is 5.88 Å². The Balaban J connectivity index is 2.31. The van der Waals surface area contributed by atoms with E-state index >= 15 is 0 Å². The summed E-state index contributed by atoms with van der Waals surface area (Å²) in [6.07, 6.45) is -5.27. The molecule has 1 unspecified atom stereocenters. The molecular weight excluding hydrogens is 433 g/mol. The van der Waals surface area contributed by atoms with Crippen molar-refractivity contribution in [2.75, 3.05) is 6.61 Å². The molecule has 1 aromatic heterocycles. The van der Waals surface area contributed by atoms with Gasteiger partial charge in [-0.25, -0.2) is 0 Å². The average Bonchev–Trinajstić information content (AvgIpc) is 2.94. The number of ether oxygens (including phenoxy) is 2. The molecule has 2 N–H and O–H groups in total. The van der Waals surface area contributed by atoms with Gasteiger partial charge in [0.25, 0.3) is 0 Å². The Labute approximate surface area is 160 Å². The molecule has 0 bridgehead atoms. The van der Waals surface area contributed by atoms with Gasteiger partial charge in [0.15, 0.2) is 0 Å². The minimum Gasteiger partial charge on any atom is -0.466 e. The van der Waals surface area contributed by atoms with E-state index < -0.39 is 35.6 Å². The fourth-order valence-corrected chi connectivity index (χ4v) is 3.82. The Morgan fingerprint density at radius 3 is 2.70 bits per heavy atom. The number of halogens is 4. The predicted molar refractivity (Wildman–Crippen MR) is 91.1 cm³/mol. The van der Waals surface area contributed by atoms with Crippen LogP contribution in [-0.2, 0) is 9.53 Å². The van der Waals surface area contributed by atoms with Crippen molar-refractivity contribution in [1.82, 2.24) is 10.2 Å². The third-order valence-electron chi connectivity index (χ3n) is 4.46. The molecule has 1 aliphatic rings. The Morgan fingerprint density at radius 1 is 1.44 bits per heavy atom. The number of alkyl halides is 3. The standard InChI is InChI=1S/C17H16BrF3N2O4/c1-3-26-15(24)13-12(9-6-4-5-7-10(9)18)11-8(2)22-23-14(11)27-16(13,25)17(19,20)21/h4-7,12-13,25H,3H2,1-2H3,(H,22,23)/t12-,13-,16?/m0/s1. The lowest BCUT2D eigenvalue weighted by atomic mass is 9.74. The summed E-state index contributed by atoms with van der Waals surface area (Å²) in [7, 11) is 0. The molecule has 2 heterocycles. The number of aromatic nitrogens is 2. The topological polar surface area (TPSA) is 84.4 Å². The van der Waals surface area contributed by atoms with Crippen molar-refractivity contribution in [3.8, 4) is 5.88 Å². The van der Waals surface area contributed by atoms with Crippen LogP contribution < -0.4 is 4.74 Å². The minimum absolute atomic E-state index is 0.150. The SMILES string of the molecule is CCOC(=O)[C@@H]1[C@@H](c2ccccc2Br)c2c(n[nH]c2C)OC1(O)C(F)(F)F. The van der Waals surface area contributed by atoms with Crippen LogP contribution in [-0.4, -0.2) is 39.8 Å². The van der Waals surface area contributed by atoms with Crippen molar-refractivity contribution in [3.63, 3.8) is 0 Å². The zero-order valence-electron chi connectivity index (χ0n) is 14.3. The van der Waals surface area contributed by atoms with Crippen LogP contribution in [0.25, 0.3) is 0 Å². The third-order valence-corrected chi connectivity index (χ3v) is 5.19. The normalized spacial score (nSPS) is 24.9. The fraction of sp³-hybridized carbons (Fsp3) is 0.412. The van der Waals surface area contributed by atoms with E-state index in [9.17, 15) is 23.1 Å². The lowest BCUT2D eigenvalue weighted by molar-refractivity contribution is -0.359. The quantitative estimate of drug-likeness (QED) is 0.702. The van der Waals surface area contributed by atoms with Gasteiger partial charge in [-0.15, -0.1) is 5.10 Å². The lowest BCUT2D eigenvalue weighted by Gasteiger charge is -2.43. The number of esters is 1. The molecule has 3 rings (SSSR count). The number of aliphatic hydroxyl groups is 1. The summed E-state index contributed by atoms with van der Waals surface area (Å²) < 4.78 is 51.7. The highest BCUT2D eigenvalue weighted by atomic mass is 79.9. The fourth-order valence-electron chi connectivity index (χ4n) is 3.29. The Bertz CT molecular complexity index is 870. The molecule has 0 aliphatic carbocycles. The smallest absolute Gasteiger partial charge is 0.456 e. The highest BCUT2D eigenvalue weighted by molar-refractivity contribution is 9.10. The number of nitrogens with zero attached hydrogens (tertiary/aromatic N) is 1. The zero-order valence-corrected chi connectivity index (χ0v) is 15.9. The van der Waals surface area contributed by atoms with Crippen LogP contribution in [0.15, 0.2) is 28.7 Å². The maximum Gasteiger partial charge on any atom is 0.456 e. The van der Waals surface area contributed by atoms with E-state index in [-0.39, 0.29) is 12.2 Å². The molecule has 1 aromatic carbocycles. The van der Waals surface area contributed by atoms with Crippen LogP contribution in [0.1, 0.15) is 29.7 Å². The van der Waals surface area contributed by atoms with Gasteiger partial charge in [-0.1, -0.05) is 34.1 Å². The van der Waals surface area contributed by atoms with Gasteiger partial charge in [-0.2, -0.15) is 13.2 Å². The first-order valence-electron chi connectivity index (χ1n) is 8.05. The summed E-state index contributed by atoms with van der Waals surface area (Å²) in [4.78, 5) is 12.6. The van der Waals surface area contributed by atoms with Gasteiger partial charge in [-0.05, 0) is 25.5 Å². The number of benzene rings is 1. The number of nitrogens with one attached hydrogen (secondary N) is 1. The predicted octanol–water partition coefficient (Wildman–Crippen LogP) is 3.44. The van der Waals surface area contributed by atoms with Gasteiger partial charge < -0.3 is 14.6 Å². The van der Waals surface area contributed by atoms with Gasteiger partial charge in [0.05, 0.1) is 6.61 Å². The number of H-pyrrole nitrogens is 1. The van der Waals surface area contributed by atoms with Crippen molar-refractivity contribution in [2.45, 2.75) is 31.7 Å². The number of carbonyl (C=O) groups is 1. The average molecular weight is 449 g/mol. The lowest BCUT2D eigenvalue weighted by Crippen LogP contribution is -2.62. The van der Waals surface area contributed by atoms with Crippen LogP contribution >= 0.6 is 15.9 Å². The van der Waals surface area contributed by atoms with E-state index in [1.165, 1.54) is 6.92 Å². The van der Waals surface area contributed by atoms with Crippen molar-refractivity contribution < 1.29 is 32.5 Å². The van der Waals surface area contributed by atoms with Crippen molar-refractivity contribution in [3.05, 3.63) is 45.6 Å². The summed E-state index contributed by atoms with van der Waals surface area (Å²) in [5, 5.41) is 16.8. The van der Waals surface area contributed by atoms with Gasteiger partial charge in [0, 0.05) is 21.6 Å². The molecule has 6 nitrogen and oxygen atoms in total. The molecule has 27 heavy (non-hydrogen) atoms. The molecule has 0 amide bonds. The molecule has 1 aliphatic heterocycles. The number of carbonyl (C=O) groups excluding carboxylic acids is 1. The zero-order chi connectivity index (χ0) is 20.0. The van der Waals surface area contributed by atoms with Gasteiger partial charge >= 0.3 is 17.9 Å². The summed E-state index contributed by atoms with van der Waals surface area (Å²) in [5.41, 5.74) is 1.05. The van der Waals surface area contributed by atoms with E-state index in [1.807, 2.05) is 0 Å². The van der Waals surface area contributed by atoms with Gasteiger partial charge in [-0.3, -0.25) is 9.89 Å². The van der Waals surface area contributed by atoms with Crippen LogP contribution in [0.3, 0.4) is 0 Å². The Morgan fingerprint density at radius 2 is 2.11 bits per heavy atom. The van der Waals surface area contributed by atoms with Crippen molar-refractivity contribution in [1.29, 1.82) is 0 Å². The second kappa shape index (κ2) is 6.83. The van der Waals surface area contributed by atoms with Crippen molar-refractivity contribution in [2.24, 2.45) is 5.92 Å². The first-order chi connectivity index (χ1) is 12.6. The molecule has 0 saturated heterocycles. The highest BCUT2D eigenvalue weighted by Gasteiger charge is 2.69. The highest BCUT2D eigenvalue weighted by Crippen LogP contribution is 2.54. The number of aryl methyl sites for hydroxylation is 1. The monoisotopic (exact) mass is 448 g/mol. The van der Waals surface area contributed by atoms with E-state index in [2.05, 4.69) is 26.1 Å². The van der Waals surface area contributed by atoms with E-state index in [1.54, 1.807) is 31.2 Å². The number of aromatic amines is 1. The van der Waals surface area contributed by atoms with Gasteiger partial charge in [0.2, 0.25) is 5.88 Å². The number of hydrogen-bond donors (Lipinski definition) is 2. The molecular formula is C17H16BrF3N2O4. The van der Waals surface area contributed by atoms with Crippen LogP contribution in [0.4, 0.5) is 13.2 Å². The molecule has 0 spiro atoms. The van der Waals surface area contributed by atoms with E-state index in [0.29, 0.717) is 15.7 Å². The maximum atomic E-state index is 13.8. The number of rotatable bonds is 3. The molecule has 0 radical (unpaired) electrons. The minimum atomic E-state index is -5.27. The molecule has 2 aromatic rings. The molecule has 3 atom stereocenters. The maximum absolute atomic E-state index is 13.8. The van der Waals surface area contributed by atoms with Crippen LogP contribution in [0, 0.1) is 12.8 Å². The van der Waals surface area contributed by atoms with E-state index in [4.69, 9.17) is 9.47 Å². The first kappa shape index (κ1) is 19.7. The van der Waals surface area contributed by atoms with Gasteiger partial charge in [0.1, 0.15) is 5.92 Å². The summed E-state index contributed by atoms with van der Waals surface area (Å²) in [5.74, 6) is -8.71. The Kier molecular flexibility index (Phi) is 4.98. The summed E-state index contributed by atoms with van der Waals surface area (Å²) in [6, 6.07) is 6.51. The second-order valence-corrected chi connectivity index (χ2v) is 6.95. The molecule has 146 valence electrons. The number of hydrogen-bond acceptors (Lipinski definition) is 5. The van der Waals surface area contributed by atoms with E-state index in [0.717, 1.165) is 0 Å². The Hall–Kier alpha value is -2.07. The summed E-state index contributed by atoms with van der Waals surface area (Å²) in [6.45, 7) is 2.92. The molecule has 0 saturated carbocycles. The van der Waals surface area contributed by atoms with Crippen molar-refractivity contribution >= 4 is 21.9 Å². The third kappa shape index (κ3) is 3.10.